The van der Waals surface area contributed by atoms with Gasteiger partial charge in [-0.05, 0) is 23.6 Å². The quantitative estimate of drug-likeness (QED) is 0.748. The summed E-state index contributed by atoms with van der Waals surface area (Å²) in [6.45, 7) is 3.58. The minimum absolute atomic E-state index is 0.00928. The minimum Gasteiger partial charge on any atom is -0.481 e. The van der Waals surface area contributed by atoms with Crippen molar-refractivity contribution >= 4 is 21.7 Å². The van der Waals surface area contributed by atoms with E-state index < -0.39 is 15.8 Å². The Morgan fingerprint density at radius 1 is 1.32 bits per heavy atom. The number of nitrogens with one attached hydrogen (secondary N) is 1. The lowest BCUT2D eigenvalue weighted by molar-refractivity contribution is -0.138. The molecule has 1 aromatic rings. The predicted molar refractivity (Wildman–Crippen MR) is 82.3 cm³/mol. The molecular weight excluding hydrogens is 306 g/mol. The Morgan fingerprint density at radius 3 is 2.59 bits per heavy atom. The Balaban J connectivity index is 2.62. The van der Waals surface area contributed by atoms with Gasteiger partial charge in [-0.1, -0.05) is 26.0 Å². The van der Waals surface area contributed by atoms with Crippen molar-refractivity contribution in [2.45, 2.75) is 31.6 Å². The molecule has 1 amide bonds. The number of hydrogen-bond donors (Lipinski definition) is 2. The molecule has 0 aliphatic heterocycles. The number of carbonyl (C=O) groups excluding carboxylic acids is 1. The van der Waals surface area contributed by atoms with E-state index in [0.29, 0.717) is 5.56 Å². The summed E-state index contributed by atoms with van der Waals surface area (Å²) in [5.41, 5.74) is 0.609. The number of carbonyl (C=O) groups is 2. The van der Waals surface area contributed by atoms with E-state index in [1.54, 1.807) is 26.0 Å². The average molecular weight is 327 g/mol. The summed E-state index contributed by atoms with van der Waals surface area (Å²) >= 11 is 0. The van der Waals surface area contributed by atoms with Crippen molar-refractivity contribution in [1.82, 2.24) is 5.32 Å². The molecule has 0 radical (unpaired) electrons. The highest BCUT2D eigenvalue weighted by molar-refractivity contribution is 7.91. The Hall–Kier alpha value is -1.89. The minimum atomic E-state index is -3.29. The number of benzene rings is 1. The maximum absolute atomic E-state index is 11.8. The van der Waals surface area contributed by atoms with Crippen molar-refractivity contribution in [3.8, 4) is 0 Å². The second-order valence-electron chi connectivity index (χ2n) is 5.23. The number of amides is 1. The van der Waals surface area contributed by atoms with E-state index in [-0.39, 0.29) is 41.9 Å². The Morgan fingerprint density at radius 2 is 2.00 bits per heavy atom. The zero-order chi connectivity index (χ0) is 16.8. The van der Waals surface area contributed by atoms with Gasteiger partial charge in [0.15, 0.2) is 9.84 Å². The molecule has 122 valence electrons. The van der Waals surface area contributed by atoms with Gasteiger partial charge >= 0.3 is 5.97 Å². The van der Waals surface area contributed by atoms with Gasteiger partial charge in [-0.25, -0.2) is 8.42 Å². The van der Waals surface area contributed by atoms with Crippen molar-refractivity contribution < 1.29 is 23.1 Å². The predicted octanol–water partition coefficient (Wildman–Crippen LogP) is 1.25. The van der Waals surface area contributed by atoms with Crippen LogP contribution in [0.2, 0.25) is 0 Å². The normalized spacial score (nSPS) is 12.6. The van der Waals surface area contributed by atoms with Crippen LogP contribution in [-0.4, -0.2) is 37.7 Å². The maximum atomic E-state index is 11.8. The van der Waals surface area contributed by atoms with E-state index in [1.807, 2.05) is 0 Å². The molecule has 22 heavy (non-hydrogen) atoms. The van der Waals surface area contributed by atoms with Crippen molar-refractivity contribution in [2.24, 2.45) is 5.92 Å². The first kappa shape index (κ1) is 18.2. The van der Waals surface area contributed by atoms with E-state index in [1.165, 1.54) is 12.1 Å². The maximum Gasteiger partial charge on any atom is 0.303 e. The van der Waals surface area contributed by atoms with Gasteiger partial charge in [0.2, 0.25) is 5.91 Å². The highest BCUT2D eigenvalue weighted by atomic mass is 32.2. The van der Waals surface area contributed by atoms with Gasteiger partial charge in [0.05, 0.1) is 17.1 Å². The molecule has 2 N–H and O–H groups in total. The van der Waals surface area contributed by atoms with Crippen LogP contribution in [0.3, 0.4) is 0 Å². The molecule has 0 saturated heterocycles. The fourth-order valence-electron chi connectivity index (χ4n) is 1.92. The molecule has 0 heterocycles. The molecule has 7 heteroatoms. The Labute approximate surface area is 130 Å². The number of hydrogen-bond acceptors (Lipinski definition) is 4. The smallest absolute Gasteiger partial charge is 0.303 e. The molecule has 1 rings (SSSR count). The van der Waals surface area contributed by atoms with E-state index in [4.69, 9.17) is 5.11 Å². The molecule has 1 unspecified atom stereocenters. The number of aliphatic carboxylic acids is 1. The molecule has 1 aromatic carbocycles. The van der Waals surface area contributed by atoms with Crippen LogP contribution in [0.25, 0.3) is 0 Å². The van der Waals surface area contributed by atoms with Gasteiger partial charge in [0, 0.05) is 13.0 Å². The highest BCUT2D eigenvalue weighted by Gasteiger charge is 2.13. The van der Waals surface area contributed by atoms with Gasteiger partial charge < -0.3 is 10.4 Å². The molecule has 0 aliphatic rings. The van der Waals surface area contributed by atoms with Gasteiger partial charge in [-0.15, -0.1) is 0 Å². The van der Waals surface area contributed by atoms with Gasteiger partial charge in [-0.2, -0.15) is 0 Å². The number of carboxylic acids is 1. The van der Waals surface area contributed by atoms with Crippen LogP contribution in [0.5, 0.6) is 0 Å². The number of sulfone groups is 1. The third-order valence-electron chi connectivity index (χ3n) is 3.17. The molecule has 0 bridgehead atoms. The van der Waals surface area contributed by atoms with Crippen LogP contribution in [0.4, 0.5) is 0 Å². The third-order valence-corrected chi connectivity index (χ3v) is 4.91. The van der Waals surface area contributed by atoms with Gasteiger partial charge in [-0.3, -0.25) is 9.59 Å². The van der Waals surface area contributed by atoms with Crippen LogP contribution in [0, 0.1) is 5.92 Å². The molecule has 1 atom stereocenters. The lowest BCUT2D eigenvalue weighted by Crippen LogP contribution is -2.30. The van der Waals surface area contributed by atoms with E-state index in [0.717, 1.165) is 0 Å². The number of rotatable bonds is 8. The molecule has 0 aliphatic carbocycles. The summed E-state index contributed by atoms with van der Waals surface area (Å²) < 4.78 is 23.6. The monoisotopic (exact) mass is 327 g/mol. The lowest BCUT2D eigenvalue weighted by atomic mass is 10.1. The summed E-state index contributed by atoms with van der Waals surface area (Å²) in [6.07, 6.45) is 0.0530. The van der Waals surface area contributed by atoms with Crippen molar-refractivity contribution in [1.29, 1.82) is 0 Å². The van der Waals surface area contributed by atoms with Crippen LogP contribution in [0.15, 0.2) is 29.2 Å². The van der Waals surface area contributed by atoms with Crippen LogP contribution in [-0.2, 0) is 25.8 Å². The van der Waals surface area contributed by atoms with Crippen LogP contribution in [0.1, 0.15) is 25.8 Å². The molecular formula is C15H21NO5S. The Kier molecular flexibility index (Phi) is 6.55. The first-order chi connectivity index (χ1) is 10.2. The summed E-state index contributed by atoms with van der Waals surface area (Å²) in [4.78, 5) is 22.6. The van der Waals surface area contributed by atoms with Crippen LogP contribution < -0.4 is 5.32 Å². The van der Waals surface area contributed by atoms with Crippen LogP contribution >= 0.6 is 0 Å². The molecule has 0 fully saturated rings. The lowest BCUT2D eigenvalue weighted by Gasteiger charge is -2.11. The van der Waals surface area contributed by atoms with Crippen molar-refractivity contribution in [3.05, 3.63) is 29.8 Å². The van der Waals surface area contributed by atoms with E-state index in [2.05, 4.69) is 5.32 Å². The summed E-state index contributed by atoms with van der Waals surface area (Å²) in [5.74, 6) is -1.31. The molecule has 0 spiro atoms. The van der Waals surface area contributed by atoms with E-state index >= 15 is 0 Å². The summed E-state index contributed by atoms with van der Waals surface area (Å²) in [5, 5.41) is 11.3. The van der Waals surface area contributed by atoms with Crippen molar-refractivity contribution in [3.63, 3.8) is 0 Å². The van der Waals surface area contributed by atoms with Gasteiger partial charge in [0.1, 0.15) is 0 Å². The standard InChI is InChI=1S/C15H21NO5S/c1-3-22(20,21)13-6-4-5-12(8-13)9-14(17)16-10-11(2)7-15(18)19/h4-6,8,11H,3,7,9-10H2,1-2H3,(H,16,17)(H,18,19). The summed E-state index contributed by atoms with van der Waals surface area (Å²) in [6, 6.07) is 6.31. The Bertz CT molecular complexity index is 639. The fraction of sp³-hybridized carbons (Fsp3) is 0.467. The third kappa shape index (κ3) is 5.85. The highest BCUT2D eigenvalue weighted by Crippen LogP contribution is 2.13. The molecule has 0 aromatic heterocycles. The second kappa shape index (κ2) is 7.93. The second-order valence-corrected chi connectivity index (χ2v) is 7.51. The SMILES string of the molecule is CCS(=O)(=O)c1cccc(CC(=O)NCC(C)CC(=O)O)c1. The molecule has 0 saturated carbocycles. The summed E-state index contributed by atoms with van der Waals surface area (Å²) in [7, 11) is -3.29. The zero-order valence-corrected chi connectivity index (χ0v) is 13.5. The topological polar surface area (TPSA) is 101 Å². The first-order valence-electron chi connectivity index (χ1n) is 7.04. The van der Waals surface area contributed by atoms with Crippen molar-refractivity contribution in [2.75, 3.05) is 12.3 Å². The fourth-order valence-corrected chi connectivity index (χ4v) is 2.87. The number of carboxylic acid groups (broad SMARTS) is 1. The first-order valence-corrected chi connectivity index (χ1v) is 8.70. The largest absolute Gasteiger partial charge is 0.481 e. The molecule has 6 nitrogen and oxygen atoms in total. The van der Waals surface area contributed by atoms with Gasteiger partial charge in [0.25, 0.3) is 0 Å². The van der Waals surface area contributed by atoms with E-state index in [9.17, 15) is 18.0 Å². The average Bonchev–Trinajstić information content (AvgIpc) is 2.45. The zero-order valence-electron chi connectivity index (χ0n) is 12.7.